The molecule has 0 amide bonds. The molecule has 1 fully saturated rings. The number of aryl methyl sites for hydroxylation is 1. The number of benzene rings is 1. The molecule has 0 radical (unpaired) electrons. The molecule has 0 aliphatic heterocycles. The van der Waals surface area contributed by atoms with Crippen LogP contribution in [0.5, 0.6) is 5.88 Å². The number of ether oxygens (including phenoxy) is 2. The number of rotatable bonds is 9. The molecule has 0 N–H and O–H groups in total. The van der Waals surface area contributed by atoms with Gasteiger partial charge in [-0.25, -0.2) is 29.6 Å². The summed E-state index contributed by atoms with van der Waals surface area (Å²) in [5.74, 6) is 2.39. The third-order valence-corrected chi connectivity index (χ3v) is 6.88. The SMILES string of the molecule is COCC(C)n1cc(C)nc1-c1ccc(Cn2ncc3cnc(-c4c(OC)ncnc4C4CC4)nc32)cc1. The predicted octanol–water partition coefficient (Wildman–Crippen LogP) is 4.60. The van der Waals surface area contributed by atoms with Crippen molar-refractivity contribution < 1.29 is 9.47 Å². The molecule has 1 aromatic carbocycles. The lowest BCUT2D eigenvalue weighted by Gasteiger charge is -2.15. The van der Waals surface area contributed by atoms with Crippen LogP contribution in [0.15, 0.2) is 49.2 Å². The molecule has 0 saturated heterocycles. The van der Waals surface area contributed by atoms with Crippen molar-refractivity contribution in [1.29, 1.82) is 0 Å². The Morgan fingerprint density at radius 2 is 1.84 bits per heavy atom. The van der Waals surface area contributed by atoms with E-state index in [0.717, 1.165) is 57.8 Å². The zero-order chi connectivity index (χ0) is 26.2. The Morgan fingerprint density at radius 1 is 1.03 bits per heavy atom. The molecule has 10 nitrogen and oxygen atoms in total. The van der Waals surface area contributed by atoms with E-state index in [-0.39, 0.29) is 6.04 Å². The number of fused-ring (bicyclic) bond motifs is 1. The summed E-state index contributed by atoms with van der Waals surface area (Å²) in [6.07, 6.45) is 9.43. The van der Waals surface area contributed by atoms with Gasteiger partial charge in [-0.3, -0.25) is 0 Å². The second-order valence-corrected chi connectivity index (χ2v) is 9.81. The van der Waals surface area contributed by atoms with Gasteiger partial charge in [0.1, 0.15) is 17.7 Å². The van der Waals surface area contributed by atoms with Gasteiger partial charge in [-0.2, -0.15) is 5.10 Å². The predicted molar refractivity (Wildman–Crippen MR) is 143 cm³/mol. The van der Waals surface area contributed by atoms with E-state index in [0.29, 0.717) is 30.8 Å². The first-order valence-corrected chi connectivity index (χ1v) is 12.8. The monoisotopic (exact) mass is 510 g/mol. The Bertz CT molecular complexity index is 1590. The molecule has 1 saturated carbocycles. The van der Waals surface area contributed by atoms with E-state index in [4.69, 9.17) is 19.4 Å². The number of hydrogen-bond donors (Lipinski definition) is 0. The molecule has 194 valence electrons. The number of aromatic nitrogens is 8. The largest absolute Gasteiger partial charge is 0.480 e. The van der Waals surface area contributed by atoms with Crippen LogP contribution in [0, 0.1) is 6.92 Å². The topological polar surface area (TPSA) is 106 Å². The van der Waals surface area contributed by atoms with Gasteiger partial charge in [-0.05, 0) is 32.3 Å². The van der Waals surface area contributed by atoms with Crippen LogP contribution in [-0.2, 0) is 11.3 Å². The summed E-state index contributed by atoms with van der Waals surface area (Å²) in [5.41, 5.74) is 5.62. The van der Waals surface area contributed by atoms with Crippen LogP contribution in [0.25, 0.3) is 33.8 Å². The normalized spacial score (nSPS) is 14.2. The van der Waals surface area contributed by atoms with Gasteiger partial charge >= 0.3 is 0 Å². The van der Waals surface area contributed by atoms with Crippen LogP contribution >= 0.6 is 0 Å². The number of imidazole rings is 1. The summed E-state index contributed by atoms with van der Waals surface area (Å²) in [6.45, 7) is 5.34. The van der Waals surface area contributed by atoms with Crippen LogP contribution in [0.4, 0.5) is 0 Å². The van der Waals surface area contributed by atoms with E-state index in [1.54, 1.807) is 32.9 Å². The molecule has 1 unspecified atom stereocenters. The van der Waals surface area contributed by atoms with Crippen LogP contribution < -0.4 is 4.74 Å². The first-order valence-electron chi connectivity index (χ1n) is 12.8. The van der Waals surface area contributed by atoms with Crippen LogP contribution in [0.2, 0.25) is 0 Å². The van der Waals surface area contributed by atoms with E-state index < -0.39 is 0 Å². The fraction of sp³-hybridized carbons (Fsp3) is 0.357. The number of nitrogens with zero attached hydrogens (tertiary/aromatic N) is 8. The van der Waals surface area contributed by atoms with Gasteiger partial charge in [-0.15, -0.1) is 0 Å². The third kappa shape index (κ3) is 4.51. The van der Waals surface area contributed by atoms with E-state index in [2.05, 4.69) is 62.0 Å². The zero-order valence-electron chi connectivity index (χ0n) is 22.0. The highest BCUT2D eigenvalue weighted by Gasteiger charge is 2.31. The van der Waals surface area contributed by atoms with Crippen molar-refractivity contribution in [2.45, 2.75) is 45.2 Å². The van der Waals surface area contributed by atoms with Crippen molar-refractivity contribution in [3.05, 3.63) is 66.1 Å². The third-order valence-electron chi connectivity index (χ3n) is 6.88. The highest BCUT2D eigenvalue weighted by Crippen LogP contribution is 2.44. The average molecular weight is 511 g/mol. The lowest BCUT2D eigenvalue weighted by molar-refractivity contribution is 0.163. The van der Waals surface area contributed by atoms with Gasteiger partial charge < -0.3 is 14.0 Å². The Kier molecular flexibility index (Phi) is 6.32. The molecule has 6 rings (SSSR count). The molecule has 38 heavy (non-hydrogen) atoms. The summed E-state index contributed by atoms with van der Waals surface area (Å²) >= 11 is 0. The fourth-order valence-corrected chi connectivity index (χ4v) is 4.84. The van der Waals surface area contributed by atoms with Gasteiger partial charge in [0.05, 0.1) is 49.3 Å². The molecule has 1 atom stereocenters. The number of methoxy groups -OCH3 is 2. The summed E-state index contributed by atoms with van der Waals surface area (Å²) in [7, 11) is 3.33. The Balaban J connectivity index is 1.30. The molecular formula is C28H30N8O2. The maximum atomic E-state index is 5.56. The first kappa shape index (κ1) is 24.2. The second-order valence-electron chi connectivity index (χ2n) is 9.81. The Hall–Kier alpha value is -4.18. The quantitative estimate of drug-likeness (QED) is 0.283. The molecule has 1 aliphatic carbocycles. The molecule has 10 heteroatoms. The van der Waals surface area contributed by atoms with Crippen molar-refractivity contribution in [3.63, 3.8) is 0 Å². The minimum absolute atomic E-state index is 0.189. The van der Waals surface area contributed by atoms with Crippen LogP contribution in [-0.4, -0.2) is 60.1 Å². The van der Waals surface area contributed by atoms with Crippen molar-refractivity contribution in [1.82, 2.24) is 39.3 Å². The van der Waals surface area contributed by atoms with Gasteiger partial charge in [0.2, 0.25) is 5.88 Å². The van der Waals surface area contributed by atoms with E-state index in [1.807, 2.05) is 11.6 Å². The van der Waals surface area contributed by atoms with Gasteiger partial charge in [0, 0.05) is 31.0 Å². The van der Waals surface area contributed by atoms with E-state index in [9.17, 15) is 0 Å². The van der Waals surface area contributed by atoms with Crippen LogP contribution in [0.3, 0.4) is 0 Å². The minimum atomic E-state index is 0.189. The van der Waals surface area contributed by atoms with Crippen molar-refractivity contribution >= 4 is 11.0 Å². The maximum absolute atomic E-state index is 5.56. The molecule has 4 aromatic heterocycles. The Labute approximate surface area is 220 Å². The molecule has 4 heterocycles. The fourth-order valence-electron chi connectivity index (χ4n) is 4.84. The lowest BCUT2D eigenvalue weighted by Crippen LogP contribution is -2.11. The molecule has 0 bridgehead atoms. The highest BCUT2D eigenvalue weighted by atomic mass is 16.5. The van der Waals surface area contributed by atoms with Gasteiger partial charge in [0.25, 0.3) is 0 Å². The second kappa shape index (κ2) is 9.94. The van der Waals surface area contributed by atoms with Gasteiger partial charge in [0.15, 0.2) is 11.5 Å². The molecular weight excluding hydrogens is 480 g/mol. The lowest BCUT2D eigenvalue weighted by atomic mass is 10.1. The summed E-state index contributed by atoms with van der Waals surface area (Å²) in [4.78, 5) is 23.1. The number of hydrogen-bond acceptors (Lipinski definition) is 8. The van der Waals surface area contributed by atoms with Crippen molar-refractivity contribution in [2.75, 3.05) is 20.8 Å². The van der Waals surface area contributed by atoms with Crippen molar-refractivity contribution in [3.8, 4) is 28.7 Å². The van der Waals surface area contributed by atoms with Gasteiger partial charge in [-0.1, -0.05) is 24.3 Å². The first-order chi connectivity index (χ1) is 18.6. The zero-order valence-corrected chi connectivity index (χ0v) is 22.0. The van der Waals surface area contributed by atoms with Crippen LogP contribution in [0.1, 0.15) is 48.7 Å². The summed E-state index contributed by atoms with van der Waals surface area (Å²) in [6, 6.07) is 8.62. The van der Waals surface area contributed by atoms with Crippen molar-refractivity contribution in [2.24, 2.45) is 0 Å². The van der Waals surface area contributed by atoms with E-state index in [1.165, 1.54) is 0 Å². The standard InChI is InChI=1S/C28H30N8O2/c1-17-13-35(18(2)15-37-3)26(33-17)21-7-5-19(6-8-21)14-36-27-22(12-32-36)11-29-25(34-27)23-24(20-9-10-20)30-16-31-28(23)38-4/h5-8,11-13,16,18,20H,9-10,14-15H2,1-4H3. The maximum Gasteiger partial charge on any atom is 0.227 e. The molecule has 5 aromatic rings. The molecule has 0 spiro atoms. The summed E-state index contributed by atoms with van der Waals surface area (Å²) in [5, 5.41) is 5.47. The Morgan fingerprint density at radius 3 is 2.58 bits per heavy atom. The molecule has 1 aliphatic rings. The average Bonchev–Trinajstić information content (AvgIpc) is 3.61. The minimum Gasteiger partial charge on any atom is -0.480 e. The summed E-state index contributed by atoms with van der Waals surface area (Å²) < 4.78 is 15.0. The smallest absolute Gasteiger partial charge is 0.227 e. The van der Waals surface area contributed by atoms with E-state index >= 15 is 0 Å². The highest BCUT2D eigenvalue weighted by molar-refractivity contribution is 5.77.